The van der Waals surface area contributed by atoms with E-state index in [2.05, 4.69) is 22.0 Å². The highest BCUT2D eigenvalue weighted by atomic mass is 79.9. The van der Waals surface area contributed by atoms with Gasteiger partial charge in [-0.25, -0.2) is 0 Å². The van der Waals surface area contributed by atoms with E-state index < -0.39 is 0 Å². The molecule has 1 aromatic rings. The molecule has 0 aromatic heterocycles. The first-order valence-corrected chi connectivity index (χ1v) is 4.23. The van der Waals surface area contributed by atoms with E-state index in [0.29, 0.717) is 6.42 Å². The Labute approximate surface area is 74.8 Å². The second-order valence-electron chi connectivity index (χ2n) is 2.28. The number of hydrogen-bond acceptors (Lipinski definition) is 1. The summed E-state index contributed by atoms with van der Waals surface area (Å²) >= 11 is 3.35. The van der Waals surface area contributed by atoms with Gasteiger partial charge in [-0.3, -0.25) is 0 Å². The maximum absolute atomic E-state index is 8.32. The van der Waals surface area contributed by atoms with Crippen LogP contribution in [0.15, 0.2) is 28.7 Å². The molecule has 0 amide bonds. The molecule has 0 unspecified atom stereocenters. The Hall–Kier alpha value is -0.810. The fraction of sp³-hybridized carbons (Fsp3) is 0.222. The molecule has 11 heavy (non-hydrogen) atoms. The van der Waals surface area contributed by atoms with Crippen molar-refractivity contribution in [2.24, 2.45) is 0 Å². The maximum Gasteiger partial charge on any atom is 0.0625 e. The van der Waals surface area contributed by atoms with Crippen LogP contribution in [-0.4, -0.2) is 0 Å². The second-order valence-corrected chi connectivity index (χ2v) is 3.20. The van der Waals surface area contributed by atoms with Gasteiger partial charge in [0.15, 0.2) is 0 Å². The molecule has 1 rings (SSSR count). The third-order valence-electron chi connectivity index (χ3n) is 1.44. The first kappa shape index (κ1) is 8.29. The lowest BCUT2D eigenvalue weighted by Crippen LogP contribution is -1.81. The summed E-state index contributed by atoms with van der Waals surface area (Å²) in [5.74, 6) is 0. The number of aryl methyl sites for hydroxylation is 1. The minimum Gasteiger partial charge on any atom is -0.198 e. The molecular formula is C9H8BrN. The van der Waals surface area contributed by atoms with E-state index in [1.54, 1.807) is 0 Å². The largest absolute Gasteiger partial charge is 0.198 e. The molecular weight excluding hydrogens is 202 g/mol. The molecule has 0 radical (unpaired) electrons. The van der Waals surface area contributed by atoms with Crippen molar-refractivity contribution in [1.82, 2.24) is 0 Å². The van der Waals surface area contributed by atoms with E-state index in [4.69, 9.17) is 5.26 Å². The molecule has 0 atom stereocenters. The summed E-state index contributed by atoms with van der Waals surface area (Å²) < 4.78 is 1.08. The summed E-state index contributed by atoms with van der Waals surface area (Å²) in [7, 11) is 0. The third kappa shape index (κ3) is 2.73. The summed E-state index contributed by atoms with van der Waals surface area (Å²) in [6.07, 6.45) is 1.45. The Bertz CT molecular complexity index is 258. The normalized spacial score (nSPS) is 9.09. The van der Waals surface area contributed by atoms with E-state index in [-0.39, 0.29) is 0 Å². The molecule has 0 spiro atoms. The quantitative estimate of drug-likeness (QED) is 0.736. The fourth-order valence-corrected chi connectivity index (χ4v) is 1.12. The van der Waals surface area contributed by atoms with Crippen molar-refractivity contribution in [3.63, 3.8) is 0 Å². The standard InChI is InChI=1S/C9H8BrN/c10-9-5-3-8(4-6-9)2-1-7-11/h3-6H,1-2H2. The van der Waals surface area contributed by atoms with Gasteiger partial charge in [-0.05, 0) is 24.1 Å². The molecule has 0 bridgehead atoms. The van der Waals surface area contributed by atoms with Gasteiger partial charge in [0, 0.05) is 10.9 Å². The Kier molecular flexibility index (Phi) is 3.13. The first-order chi connectivity index (χ1) is 5.33. The molecule has 0 aliphatic carbocycles. The summed E-state index contributed by atoms with van der Waals surface area (Å²) in [4.78, 5) is 0. The van der Waals surface area contributed by atoms with Gasteiger partial charge >= 0.3 is 0 Å². The number of hydrogen-bond donors (Lipinski definition) is 0. The zero-order chi connectivity index (χ0) is 8.10. The van der Waals surface area contributed by atoms with Crippen LogP contribution in [0.5, 0.6) is 0 Å². The van der Waals surface area contributed by atoms with Crippen LogP contribution < -0.4 is 0 Å². The molecule has 0 aliphatic heterocycles. The van der Waals surface area contributed by atoms with Gasteiger partial charge in [-0.15, -0.1) is 0 Å². The lowest BCUT2D eigenvalue weighted by Gasteiger charge is -1.95. The number of benzene rings is 1. The highest BCUT2D eigenvalue weighted by Crippen LogP contribution is 2.11. The van der Waals surface area contributed by atoms with Gasteiger partial charge < -0.3 is 0 Å². The second kappa shape index (κ2) is 4.15. The van der Waals surface area contributed by atoms with Crippen LogP contribution in [0.25, 0.3) is 0 Å². The highest BCUT2D eigenvalue weighted by molar-refractivity contribution is 9.10. The summed E-state index contributed by atoms with van der Waals surface area (Å²) in [6, 6.07) is 10.2. The predicted molar refractivity (Wildman–Crippen MR) is 48.1 cm³/mol. The topological polar surface area (TPSA) is 23.8 Å². The van der Waals surface area contributed by atoms with E-state index in [9.17, 15) is 0 Å². The average Bonchev–Trinajstić information content (AvgIpc) is 2.04. The molecule has 2 heteroatoms. The maximum atomic E-state index is 8.32. The lowest BCUT2D eigenvalue weighted by molar-refractivity contribution is 1.01. The first-order valence-electron chi connectivity index (χ1n) is 3.44. The van der Waals surface area contributed by atoms with Gasteiger partial charge in [0.2, 0.25) is 0 Å². The van der Waals surface area contributed by atoms with E-state index >= 15 is 0 Å². The van der Waals surface area contributed by atoms with E-state index in [1.165, 1.54) is 5.56 Å². The predicted octanol–water partition coefficient (Wildman–Crippen LogP) is 2.91. The monoisotopic (exact) mass is 209 g/mol. The van der Waals surface area contributed by atoms with Gasteiger partial charge in [0.05, 0.1) is 6.07 Å². The van der Waals surface area contributed by atoms with Crippen LogP contribution in [0.2, 0.25) is 0 Å². The van der Waals surface area contributed by atoms with Crippen LogP contribution in [0, 0.1) is 11.3 Å². The lowest BCUT2D eigenvalue weighted by atomic mass is 10.1. The Morgan fingerprint density at radius 2 is 1.91 bits per heavy atom. The number of nitriles is 1. The van der Waals surface area contributed by atoms with Crippen molar-refractivity contribution in [1.29, 1.82) is 5.26 Å². The van der Waals surface area contributed by atoms with Crippen LogP contribution >= 0.6 is 15.9 Å². The molecule has 56 valence electrons. The Balaban J connectivity index is 2.60. The molecule has 0 fully saturated rings. The van der Waals surface area contributed by atoms with Crippen molar-refractivity contribution >= 4 is 15.9 Å². The molecule has 1 aromatic carbocycles. The van der Waals surface area contributed by atoms with E-state index in [0.717, 1.165) is 10.9 Å². The molecule has 0 N–H and O–H groups in total. The molecule has 0 saturated carbocycles. The minimum atomic E-state index is 0.599. The van der Waals surface area contributed by atoms with Crippen molar-refractivity contribution in [2.75, 3.05) is 0 Å². The Morgan fingerprint density at radius 3 is 2.45 bits per heavy atom. The average molecular weight is 210 g/mol. The number of halogens is 1. The van der Waals surface area contributed by atoms with Crippen LogP contribution in [-0.2, 0) is 6.42 Å². The molecule has 0 aliphatic rings. The van der Waals surface area contributed by atoms with Crippen LogP contribution in [0.1, 0.15) is 12.0 Å². The minimum absolute atomic E-state index is 0.599. The zero-order valence-corrected chi connectivity index (χ0v) is 7.63. The van der Waals surface area contributed by atoms with Gasteiger partial charge in [-0.2, -0.15) is 5.26 Å². The number of rotatable bonds is 2. The highest BCUT2D eigenvalue weighted by Gasteiger charge is 1.90. The summed E-state index contributed by atoms with van der Waals surface area (Å²) in [5, 5.41) is 8.32. The van der Waals surface area contributed by atoms with Gasteiger partial charge in [0.1, 0.15) is 0 Å². The van der Waals surface area contributed by atoms with Gasteiger partial charge in [-0.1, -0.05) is 28.1 Å². The molecule has 1 nitrogen and oxygen atoms in total. The Morgan fingerprint density at radius 1 is 1.27 bits per heavy atom. The zero-order valence-electron chi connectivity index (χ0n) is 6.05. The van der Waals surface area contributed by atoms with Crippen LogP contribution in [0.4, 0.5) is 0 Å². The molecule has 0 heterocycles. The SMILES string of the molecule is N#CCCc1ccc(Br)cc1. The summed E-state index contributed by atoms with van der Waals surface area (Å²) in [5.41, 5.74) is 1.22. The third-order valence-corrected chi connectivity index (χ3v) is 1.97. The summed E-state index contributed by atoms with van der Waals surface area (Å²) in [6.45, 7) is 0. The van der Waals surface area contributed by atoms with Crippen LogP contribution in [0.3, 0.4) is 0 Å². The van der Waals surface area contributed by atoms with Crippen molar-refractivity contribution in [2.45, 2.75) is 12.8 Å². The van der Waals surface area contributed by atoms with Crippen molar-refractivity contribution in [3.05, 3.63) is 34.3 Å². The van der Waals surface area contributed by atoms with E-state index in [1.807, 2.05) is 24.3 Å². The fourth-order valence-electron chi connectivity index (χ4n) is 0.851. The van der Waals surface area contributed by atoms with Crippen molar-refractivity contribution in [3.8, 4) is 6.07 Å². The smallest absolute Gasteiger partial charge is 0.0625 e. The van der Waals surface area contributed by atoms with Gasteiger partial charge in [0.25, 0.3) is 0 Å². The molecule has 0 saturated heterocycles. The van der Waals surface area contributed by atoms with Crippen molar-refractivity contribution < 1.29 is 0 Å². The number of nitrogens with zero attached hydrogens (tertiary/aromatic N) is 1.